The Morgan fingerprint density at radius 2 is 2.08 bits per heavy atom. The van der Waals surface area contributed by atoms with Crippen LogP contribution < -0.4 is 16.0 Å². The molecule has 1 saturated carbocycles. The van der Waals surface area contributed by atoms with Gasteiger partial charge in [0.2, 0.25) is 0 Å². The fourth-order valence-electron chi connectivity index (χ4n) is 2.23. The second-order valence-corrected chi connectivity index (χ2v) is 6.83. The van der Waals surface area contributed by atoms with Crippen LogP contribution in [-0.4, -0.2) is 40.6 Å². The van der Waals surface area contributed by atoms with Gasteiger partial charge in [-0.15, -0.1) is 11.3 Å². The van der Waals surface area contributed by atoms with Gasteiger partial charge in [-0.2, -0.15) is 0 Å². The number of nitrogens with zero attached hydrogens (tertiary/aromatic N) is 1. The number of thiazole rings is 1. The SMILES string of the molecule is O=C(Nc1cccc(C(=O)NCCc2nc(C(=O)O)cs2)c1)NC1CC1. The van der Waals surface area contributed by atoms with Gasteiger partial charge in [-0.1, -0.05) is 6.07 Å². The molecule has 1 aliphatic rings. The Bertz CT molecular complexity index is 832. The molecule has 1 heterocycles. The number of carbonyl (C=O) groups excluding carboxylic acids is 2. The molecule has 3 amide bonds. The minimum Gasteiger partial charge on any atom is -0.476 e. The number of nitrogens with one attached hydrogen (secondary N) is 3. The molecule has 4 N–H and O–H groups in total. The van der Waals surface area contributed by atoms with E-state index in [2.05, 4.69) is 20.9 Å². The molecule has 1 aromatic heterocycles. The molecule has 0 spiro atoms. The predicted octanol–water partition coefficient (Wildman–Crippen LogP) is 2.10. The topological polar surface area (TPSA) is 120 Å². The number of amides is 3. The van der Waals surface area contributed by atoms with E-state index in [1.165, 1.54) is 16.7 Å². The third-order valence-electron chi connectivity index (χ3n) is 3.69. The number of aromatic carboxylic acids is 1. The summed E-state index contributed by atoms with van der Waals surface area (Å²) in [4.78, 5) is 38.7. The van der Waals surface area contributed by atoms with Crippen molar-refractivity contribution >= 4 is 34.9 Å². The Hall–Kier alpha value is -2.94. The van der Waals surface area contributed by atoms with Crippen molar-refractivity contribution in [3.63, 3.8) is 0 Å². The standard InChI is InChI=1S/C17H18N4O4S/c22-15(18-7-6-14-21-13(9-26-14)16(23)24)10-2-1-3-12(8-10)20-17(25)19-11-4-5-11/h1-3,8-9,11H,4-7H2,(H,18,22)(H,23,24)(H2,19,20,25). The number of carboxylic acids is 1. The van der Waals surface area contributed by atoms with Crippen LogP contribution in [0.15, 0.2) is 29.6 Å². The van der Waals surface area contributed by atoms with Crippen LogP contribution >= 0.6 is 11.3 Å². The lowest BCUT2D eigenvalue weighted by atomic mass is 10.2. The molecule has 8 nitrogen and oxygen atoms in total. The van der Waals surface area contributed by atoms with Crippen molar-refractivity contribution in [2.75, 3.05) is 11.9 Å². The molecule has 0 atom stereocenters. The highest BCUT2D eigenvalue weighted by atomic mass is 32.1. The monoisotopic (exact) mass is 374 g/mol. The second kappa shape index (κ2) is 7.96. The molecule has 3 rings (SSSR count). The van der Waals surface area contributed by atoms with Gasteiger partial charge in [-0.3, -0.25) is 4.79 Å². The number of rotatable bonds is 7. The van der Waals surface area contributed by atoms with Gasteiger partial charge in [-0.05, 0) is 31.0 Å². The maximum atomic E-state index is 12.2. The first-order chi connectivity index (χ1) is 12.5. The number of anilines is 1. The van der Waals surface area contributed by atoms with Crippen molar-refractivity contribution in [2.45, 2.75) is 25.3 Å². The summed E-state index contributed by atoms with van der Waals surface area (Å²) < 4.78 is 0. The summed E-state index contributed by atoms with van der Waals surface area (Å²) in [5, 5.41) is 19.2. The van der Waals surface area contributed by atoms with E-state index < -0.39 is 5.97 Å². The molecule has 0 bridgehead atoms. The zero-order valence-electron chi connectivity index (χ0n) is 13.8. The van der Waals surface area contributed by atoms with Gasteiger partial charge in [0.25, 0.3) is 5.91 Å². The van der Waals surface area contributed by atoms with Crippen LogP contribution in [0.5, 0.6) is 0 Å². The lowest BCUT2D eigenvalue weighted by Gasteiger charge is -2.09. The van der Waals surface area contributed by atoms with E-state index in [9.17, 15) is 14.4 Å². The third kappa shape index (κ3) is 5.03. The van der Waals surface area contributed by atoms with Crippen LogP contribution in [0.2, 0.25) is 0 Å². The predicted molar refractivity (Wildman–Crippen MR) is 96.7 cm³/mol. The molecular formula is C17H18N4O4S. The Morgan fingerprint density at radius 3 is 2.77 bits per heavy atom. The van der Waals surface area contributed by atoms with Crippen LogP contribution in [0.3, 0.4) is 0 Å². The highest BCUT2D eigenvalue weighted by molar-refractivity contribution is 7.09. The molecule has 26 heavy (non-hydrogen) atoms. The highest BCUT2D eigenvalue weighted by Gasteiger charge is 2.23. The minimum atomic E-state index is -1.06. The fraction of sp³-hybridized carbons (Fsp3) is 0.294. The highest BCUT2D eigenvalue weighted by Crippen LogP contribution is 2.19. The number of benzene rings is 1. The lowest BCUT2D eigenvalue weighted by molar-refractivity contribution is 0.0690. The largest absolute Gasteiger partial charge is 0.476 e. The van der Waals surface area contributed by atoms with E-state index in [1.54, 1.807) is 24.3 Å². The molecule has 9 heteroatoms. The van der Waals surface area contributed by atoms with E-state index in [1.807, 2.05) is 0 Å². The van der Waals surface area contributed by atoms with Crippen molar-refractivity contribution in [3.8, 4) is 0 Å². The van der Waals surface area contributed by atoms with Crippen molar-refractivity contribution in [1.82, 2.24) is 15.6 Å². The van der Waals surface area contributed by atoms with Gasteiger partial charge in [0, 0.05) is 35.6 Å². The normalized spacial score (nSPS) is 13.1. The summed E-state index contributed by atoms with van der Waals surface area (Å²) in [6, 6.07) is 6.66. The van der Waals surface area contributed by atoms with Crippen LogP contribution in [0.1, 0.15) is 38.7 Å². The molecule has 0 aliphatic heterocycles. The van der Waals surface area contributed by atoms with Gasteiger partial charge in [0.1, 0.15) is 0 Å². The number of carboxylic acid groups (broad SMARTS) is 1. The first kappa shape index (κ1) is 17.9. The molecule has 0 radical (unpaired) electrons. The van der Waals surface area contributed by atoms with E-state index in [0.29, 0.717) is 29.2 Å². The summed E-state index contributed by atoms with van der Waals surface area (Å²) in [7, 11) is 0. The summed E-state index contributed by atoms with van der Waals surface area (Å²) in [5.41, 5.74) is 0.987. The van der Waals surface area contributed by atoms with Crippen LogP contribution in [0, 0.1) is 0 Å². The minimum absolute atomic E-state index is 0.0135. The van der Waals surface area contributed by atoms with Crippen LogP contribution in [0.4, 0.5) is 10.5 Å². The van der Waals surface area contributed by atoms with E-state index in [0.717, 1.165) is 12.8 Å². The average Bonchev–Trinajstić information content (AvgIpc) is 3.28. The van der Waals surface area contributed by atoms with E-state index >= 15 is 0 Å². The summed E-state index contributed by atoms with van der Waals surface area (Å²) in [6.07, 6.45) is 2.46. The fourth-order valence-corrected chi connectivity index (χ4v) is 3.00. The third-order valence-corrected chi connectivity index (χ3v) is 4.60. The maximum absolute atomic E-state index is 12.2. The Kier molecular flexibility index (Phi) is 5.47. The zero-order valence-corrected chi connectivity index (χ0v) is 14.6. The Balaban J connectivity index is 1.49. The van der Waals surface area contributed by atoms with Crippen molar-refractivity contribution in [3.05, 3.63) is 45.9 Å². The molecule has 1 fully saturated rings. The summed E-state index contributed by atoms with van der Waals surface area (Å²) in [5.74, 6) is -1.34. The van der Waals surface area contributed by atoms with Crippen molar-refractivity contribution in [1.29, 1.82) is 0 Å². The molecule has 2 aromatic rings. The van der Waals surface area contributed by atoms with Gasteiger partial charge in [-0.25, -0.2) is 14.6 Å². The first-order valence-electron chi connectivity index (χ1n) is 8.15. The van der Waals surface area contributed by atoms with E-state index in [-0.39, 0.29) is 23.7 Å². The van der Waals surface area contributed by atoms with Gasteiger partial charge in [0.15, 0.2) is 5.69 Å². The second-order valence-electron chi connectivity index (χ2n) is 5.89. The van der Waals surface area contributed by atoms with Crippen molar-refractivity contribution < 1.29 is 19.5 Å². The van der Waals surface area contributed by atoms with Gasteiger partial charge < -0.3 is 21.1 Å². The quantitative estimate of drug-likeness (QED) is 0.591. The molecule has 1 aromatic carbocycles. The first-order valence-corrected chi connectivity index (χ1v) is 9.02. The van der Waals surface area contributed by atoms with E-state index in [4.69, 9.17) is 5.11 Å². The van der Waals surface area contributed by atoms with Gasteiger partial charge >= 0.3 is 12.0 Å². The Labute approximate surface area is 153 Å². The van der Waals surface area contributed by atoms with Crippen LogP contribution in [-0.2, 0) is 6.42 Å². The molecule has 136 valence electrons. The molecule has 1 aliphatic carbocycles. The van der Waals surface area contributed by atoms with Gasteiger partial charge in [0.05, 0.1) is 5.01 Å². The number of carbonyl (C=O) groups is 3. The summed E-state index contributed by atoms with van der Waals surface area (Å²) in [6.45, 7) is 0.339. The van der Waals surface area contributed by atoms with Crippen LogP contribution in [0.25, 0.3) is 0 Å². The lowest BCUT2D eigenvalue weighted by Crippen LogP contribution is -2.30. The zero-order chi connectivity index (χ0) is 18.5. The summed E-state index contributed by atoms with van der Waals surface area (Å²) >= 11 is 1.25. The molecular weight excluding hydrogens is 356 g/mol. The number of aromatic nitrogens is 1. The number of hydrogen-bond donors (Lipinski definition) is 4. The molecule has 0 saturated heterocycles. The average molecular weight is 374 g/mol. The van der Waals surface area contributed by atoms with Crippen molar-refractivity contribution in [2.24, 2.45) is 0 Å². The maximum Gasteiger partial charge on any atom is 0.355 e. The Morgan fingerprint density at radius 1 is 1.27 bits per heavy atom. The number of urea groups is 1. The molecule has 0 unspecified atom stereocenters. The number of hydrogen-bond acceptors (Lipinski definition) is 5. The smallest absolute Gasteiger partial charge is 0.355 e.